The Morgan fingerprint density at radius 2 is 2.06 bits per heavy atom. The highest BCUT2D eigenvalue weighted by atomic mass is 16.3. The smallest absolute Gasteiger partial charge is 0.223 e. The molecule has 1 amide bonds. The minimum atomic E-state index is 0.200. The van der Waals surface area contributed by atoms with E-state index in [-0.39, 0.29) is 23.8 Å². The van der Waals surface area contributed by atoms with Crippen LogP contribution in [-0.2, 0) is 4.79 Å². The molecule has 1 saturated heterocycles. The van der Waals surface area contributed by atoms with Gasteiger partial charge in [-0.3, -0.25) is 4.79 Å². The summed E-state index contributed by atoms with van der Waals surface area (Å²) in [4.78, 5) is 11.9. The Morgan fingerprint density at radius 1 is 1.38 bits per heavy atom. The van der Waals surface area contributed by atoms with Crippen molar-refractivity contribution in [2.24, 2.45) is 11.3 Å². The fourth-order valence-electron chi connectivity index (χ4n) is 2.43. The SMILES string of the molecule is O=C(NCC1(CCO)CC1)C1CCNCC1. The lowest BCUT2D eigenvalue weighted by molar-refractivity contribution is -0.126. The maximum Gasteiger partial charge on any atom is 0.223 e. The lowest BCUT2D eigenvalue weighted by Crippen LogP contribution is -2.40. The molecule has 0 spiro atoms. The number of nitrogens with one attached hydrogen (secondary N) is 2. The van der Waals surface area contributed by atoms with E-state index in [0.29, 0.717) is 0 Å². The minimum Gasteiger partial charge on any atom is -0.396 e. The summed E-state index contributed by atoms with van der Waals surface area (Å²) in [6.07, 6.45) is 5.05. The molecule has 4 nitrogen and oxygen atoms in total. The molecule has 0 aromatic rings. The first kappa shape index (κ1) is 11.9. The minimum absolute atomic E-state index is 0.200. The second-order valence-electron chi connectivity index (χ2n) is 5.22. The zero-order valence-corrected chi connectivity index (χ0v) is 9.80. The van der Waals surface area contributed by atoms with Gasteiger partial charge in [0, 0.05) is 19.1 Å². The van der Waals surface area contributed by atoms with Crippen molar-refractivity contribution in [1.29, 1.82) is 0 Å². The van der Waals surface area contributed by atoms with Crippen LogP contribution in [0.4, 0.5) is 0 Å². The molecule has 0 radical (unpaired) electrons. The quantitative estimate of drug-likeness (QED) is 0.630. The van der Waals surface area contributed by atoms with Gasteiger partial charge in [-0.1, -0.05) is 0 Å². The van der Waals surface area contributed by atoms with Crippen LogP contribution >= 0.6 is 0 Å². The number of amides is 1. The second kappa shape index (κ2) is 5.15. The summed E-state index contributed by atoms with van der Waals surface area (Å²) >= 11 is 0. The average Bonchev–Trinajstić information content (AvgIpc) is 3.08. The molecule has 0 aromatic heterocycles. The first-order valence-electron chi connectivity index (χ1n) is 6.35. The Bertz CT molecular complexity index is 245. The van der Waals surface area contributed by atoms with Gasteiger partial charge in [-0.15, -0.1) is 0 Å². The van der Waals surface area contributed by atoms with Gasteiger partial charge >= 0.3 is 0 Å². The molecule has 2 aliphatic rings. The van der Waals surface area contributed by atoms with Gasteiger partial charge < -0.3 is 15.7 Å². The fourth-order valence-corrected chi connectivity index (χ4v) is 2.43. The van der Waals surface area contributed by atoms with E-state index >= 15 is 0 Å². The number of hydrogen-bond acceptors (Lipinski definition) is 3. The molecule has 0 bridgehead atoms. The third-order valence-electron chi connectivity index (χ3n) is 3.95. The maximum absolute atomic E-state index is 11.9. The predicted molar refractivity (Wildman–Crippen MR) is 62.0 cm³/mol. The van der Waals surface area contributed by atoms with E-state index in [1.807, 2.05) is 0 Å². The summed E-state index contributed by atoms with van der Waals surface area (Å²) in [7, 11) is 0. The van der Waals surface area contributed by atoms with Crippen LogP contribution in [0.5, 0.6) is 0 Å². The molecule has 2 fully saturated rings. The van der Waals surface area contributed by atoms with Gasteiger partial charge in [0.05, 0.1) is 0 Å². The molecule has 1 aliphatic heterocycles. The number of aliphatic hydroxyl groups excluding tert-OH is 1. The molecule has 0 aromatic carbocycles. The molecular weight excluding hydrogens is 204 g/mol. The number of rotatable bonds is 5. The van der Waals surface area contributed by atoms with Crippen molar-refractivity contribution >= 4 is 5.91 Å². The molecule has 92 valence electrons. The van der Waals surface area contributed by atoms with Crippen LogP contribution in [0, 0.1) is 11.3 Å². The van der Waals surface area contributed by atoms with E-state index in [4.69, 9.17) is 5.11 Å². The van der Waals surface area contributed by atoms with Gasteiger partial charge in [-0.05, 0) is 50.6 Å². The number of piperidine rings is 1. The molecule has 0 atom stereocenters. The standard InChI is InChI=1S/C12H22N2O2/c15-8-5-12(3-4-12)9-14-11(16)10-1-6-13-7-2-10/h10,13,15H,1-9H2,(H,14,16). The summed E-state index contributed by atoms with van der Waals surface area (Å²) < 4.78 is 0. The van der Waals surface area contributed by atoms with Crippen LogP contribution in [0.25, 0.3) is 0 Å². The van der Waals surface area contributed by atoms with Crippen LogP contribution in [-0.4, -0.2) is 37.3 Å². The number of hydrogen-bond donors (Lipinski definition) is 3. The van der Waals surface area contributed by atoms with E-state index in [1.165, 1.54) is 0 Å². The molecular formula is C12H22N2O2. The average molecular weight is 226 g/mol. The lowest BCUT2D eigenvalue weighted by atomic mass is 9.96. The largest absolute Gasteiger partial charge is 0.396 e. The van der Waals surface area contributed by atoms with Gasteiger partial charge in [0.2, 0.25) is 5.91 Å². The maximum atomic E-state index is 11.9. The van der Waals surface area contributed by atoms with Crippen LogP contribution in [0.15, 0.2) is 0 Å². The van der Waals surface area contributed by atoms with Gasteiger partial charge in [-0.25, -0.2) is 0 Å². The second-order valence-corrected chi connectivity index (χ2v) is 5.22. The zero-order valence-electron chi connectivity index (χ0n) is 9.80. The normalized spacial score (nSPS) is 24.1. The molecule has 1 aliphatic carbocycles. The monoisotopic (exact) mass is 226 g/mol. The van der Waals surface area contributed by atoms with Crippen molar-refractivity contribution in [3.05, 3.63) is 0 Å². The van der Waals surface area contributed by atoms with Crippen molar-refractivity contribution in [1.82, 2.24) is 10.6 Å². The fraction of sp³-hybridized carbons (Fsp3) is 0.917. The predicted octanol–water partition coefficient (Wildman–Crippen LogP) is 0.265. The molecule has 1 heterocycles. The van der Waals surface area contributed by atoms with Crippen LogP contribution in [0.2, 0.25) is 0 Å². The Kier molecular flexibility index (Phi) is 3.82. The topological polar surface area (TPSA) is 61.4 Å². The van der Waals surface area contributed by atoms with E-state index in [9.17, 15) is 4.79 Å². The Morgan fingerprint density at radius 3 is 2.62 bits per heavy atom. The summed E-state index contributed by atoms with van der Waals surface area (Å²) in [6.45, 7) is 2.92. The van der Waals surface area contributed by atoms with Crippen molar-refractivity contribution in [3.8, 4) is 0 Å². The van der Waals surface area contributed by atoms with Crippen molar-refractivity contribution in [2.45, 2.75) is 32.1 Å². The number of carbonyl (C=O) groups excluding carboxylic acids is 1. The summed E-state index contributed by atoms with van der Waals surface area (Å²) in [5, 5.41) is 15.3. The van der Waals surface area contributed by atoms with Crippen molar-refractivity contribution < 1.29 is 9.90 Å². The van der Waals surface area contributed by atoms with Crippen LogP contribution in [0.3, 0.4) is 0 Å². The molecule has 2 rings (SSSR count). The van der Waals surface area contributed by atoms with Crippen molar-refractivity contribution in [2.75, 3.05) is 26.2 Å². The molecule has 3 N–H and O–H groups in total. The van der Waals surface area contributed by atoms with Gasteiger partial charge in [0.25, 0.3) is 0 Å². The first-order valence-corrected chi connectivity index (χ1v) is 6.35. The highest BCUT2D eigenvalue weighted by molar-refractivity contribution is 5.78. The highest BCUT2D eigenvalue weighted by Gasteiger charge is 2.42. The summed E-state index contributed by atoms with van der Waals surface area (Å²) in [6, 6.07) is 0. The van der Waals surface area contributed by atoms with Crippen molar-refractivity contribution in [3.63, 3.8) is 0 Å². The van der Waals surface area contributed by atoms with Crippen LogP contribution in [0.1, 0.15) is 32.1 Å². The van der Waals surface area contributed by atoms with Gasteiger partial charge in [-0.2, -0.15) is 0 Å². The number of aliphatic hydroxyl groups is 1. The Hall–Kier alpha value is -0.610. The highest BCUT2D eigenvalue weighted by Crippen LogP contribution is 2.47. The lowest BCUT2D eigenvalue weighted by Gasteiger charge is -2.23. The summed E-state index contributed by atoms with van der Waals surface area (Å²) in [5.74, 6) is 0.414. The molecule has 1 saturated carbocycles. The van der Waals surface area contributed by atoms with E-state index in [0.717, 1.165) is 51.7 Å². The van der Waals surface area contributed by atoms with Gasteiger partial charge in [0.1, 0.15) is 0 Å². The third kappa shape index (κ3) is 2.95. The Labute approximate surface area is 96.8 Å². The van der Waals surface area contributed by atoms with E-state index < -0.39 is 0 Å². The number of carbonyl (C=O) groups is 1. The van der Waals surface area contributed by atoms with Gasteiger partial charge in [0.15, 0.2) is 0 Å². The van der Waals surface area contributed by atoms with E-state index in [2.05, 4.69) is 10.6 Å². The van der Waals surface area contributed by atoms with Crippen LogP contribution < -0.4 is 10.6 Å². The molecule has 0 unspecified atom stereocenters. The van der Waals surface area contributed by atoms with E-state index in [1.54, 1.807) is 0 Å². The third-order valence-corrected chi connectivity index (χ3v) is 3.95. The summed E-state index contributed by atoms with van der Waals surface area (Å²) in [5.41, 5.74) is 0.233. The molecule has 16 heavy (non-hydrogen) atoms. The first-order chi connectivity index (χ1) is 7.76. The zero-order chi connectivity index (χ0) is 11.4. The molecule has 4 heteroatoms. The Balaban J connectivity index is 1.70.